The zero-order valence-electron chi connectivity index (χ0n) is 16.8. The number of piperidine rings is 1. The molecule has 1 heterocycles. The van der Waals surface area contributed by atoms with Crippen molar-refractivity contribution in [3.05, 3.63) is 64.7 Å². The molecule has 0 atom stereocenters. The van der Waals surface area contributed by atoms with E-state index in [0.717, 1.165) is 5.56 Å². The van der Waals surface area contributed by atoms with E-state index >= 15 is 0 Å². The molecule has 1 amide bonds. The summed E-state index contributed by atoms with van der Waals surface area (Å²) in [7, 11) is -3.69. The molecule has 1 aliphatic rings. The van der Waals surface area contributed by atoms with Gasteiger partial charge < -0.3 is 5.32 Å². The van der Waals surface area contributed by atoms with E-state index in [0.29, 0.717) is 36.4 Å². The highest BCUT2D eigenvalue weighted by Crippen LogP contribution is 2.24. The van der Waals surface area contributed by atoms with Gasteiger partial charge in [0.2, 0.25) is 15.9 Å². The normalized spacial score (nSPS) is 15.7. The lowest BCUT2D eigenvalue weighted by atomic mass is 9.97. The van der Waals surface area contributed by atoms with Gasteiger partial charge in [0, 0.05) is 36.1 Å². The molecular formula is C22H25ClN2O4S. The van der Waals surface area contributed by atoms with Gasteiger partial charge in [-0.05, 0) is 56.0 Å². The number of ketones is 1. The van der Waals surface area contributed by atoms with Crippen molar-refractivity contribution in [2.24, 2.45) is 5.92 Å². The van der Waals surface area contributed by atoms with Crippen LogP contribution in [0.15, 0.2) is 53.4 Å². The number of carbonyl (C=O) groups is 2. The van der Waals surface area contributed by atoms with Crippen molar-refractivity contribution in [2.45, 2.75) is 31.1 Å². The van der Waals surface area contributed by atoms with E-state index in [4.69, 9.17) is 11.6 Å². The quantitative estimate of drug-likeness (QED) is 0.658. The topological polar surface area (TPSA) is 83.6 Å². The Kier molecular flexibility index (Phi) is 7.28. The van der Waals surface area contributed by atoms with E-state index in [1.54, 1.807) is 12.1 Å². The Balaban J connectivity index is 1.52. The molecule has 3 rings (SSSR count). The number of rotatable bonds is 7. The molecule has 1 fully saturated rings. The standard InChI is InChI=1S/C22H25ClN2O4S/c1-16(26)19-3-2-4-21(15-19)30(28,29)25-13-10-18(11-14-25)22(27)24-12-9-17-5-7-20(23)8-6-17/h2-8,15,18H,9-14H2,1H3,(H,24,27). The minimum absolute atomic E-state index is 0.0420. The molecule has 0 bridgehead atoms. The van der Waals surface area contributed by atoms with Gasteiger partial charge in [-0.3, -0.25) is 9.59 Å². The molecule has 2 aromatic carbocycles. The second-order valence-corrected chi connectivity index (χ2v) is 9.80. The smallest absolute Gasteiger partial charge is 0.243 e. The third-order valence-electron chi connectivity index (χ3n) is 5.33. The van der Waals surface area contributed by atoms with Crippen LogP contribution < -0.4 is 5.32 Å². The summed E-state index contributed by atoms with van der Waals surface area (Å²) < 4.78 is 27.2. The molecule has 2 aromatic rings. The summed E-state index contributed by atoms with van der Waals surface area (Å²) in [6, 6.07) is 13.6. The molecule has 0 spiro atoms. The van der Waals surface area contributed by atoms with E-state index < -0.39 is 10.0 Å². The van der Waals surface area contributed by atoms with Gasteiger partial charge in [-0.15, -0.1) is 0 Å². The van der Waals surface area contributed by atoms with Crippen molar-refractivity contribution in [1.29, 1.82) is 0 Å². The second-order valence-electron chi connectivity index (χ2n) is 7.43. The number of amides is 1. The fraction of sp³-hybridized carbons (Fsp3) is 0.364. The Morgan fingerprint density at radius 1 is 1.10 bits per heavy atom. The van der Waals surface area contributed by atoms with Gasteiger partial charge in [-0.1, -0.05) is 35.9 Å². The van der Waals surface area contributed by atoms with E-state index in [1.165, 1.54) is 23.4 Å². The Morgan fingerprint density at radius 2 is 1.77 bits per heavy atom. The minimum atomic E-state index is -3.69. The summed E-state index contributed by atoms with van der Waals surface area (Å²) in [5.74, 6) is -0.425. The predicted molar refractivity (Wildman–Crippen MR) is 116 cm³/mol. The number of sulfonamides is 1. The fourth-order valence-electron chi connectivity index (χ4n) is 3.51. The molecule has 0 aromatic heterocycles. The van der Waals surface area contributed by atoms with Gasteiger partial charge in [0.1, 0.15) is 0 Å². The van der Waals surface area contributed by atoms with Gasteiger partial charge in [-0.25, -0.2) is 8.42 Å². The molecular weight excluding hydrogens is 424 g/mol. The summed E-state index contributed by atoms with van der Waals surface area (Å²) >= 11 is 5.87. The highest BCUT2D eigenvalue weighted by atomic mass is 35.5. The first-order valence-electron chi connectivity index (χ1n) is 9.90. The Morgan fingerprint density at radius 3 is 2.40 bits per heavy atom. The van der Waals surface area contributed by atoms with Gasteiger partial charge in [0.15, 0.2) is 5.78 Å². The van der Waals surface area contributed by atoms with Crippen LogP contribution in [-0.2, 0) is 21.2 Å². The number of carbonyl (C=O) groups excluding carboxylic acids is 2. The van der Waals surface area contributed by atoms with E-state index in [2.05, 4.69) is 5.32 Å². The number of nitrogens with zero attached hydrogens (tertiary/aromatic N) is 1. The first-order valence-corrected chi connectivity index (χ1v) is 11.7. The van der Waals surface area contributed by atoms with Crippen LogP contribution in [0.1, 0.15) is 35.7 Å². The molecule has 0 radical (unpaired) electrons. The third kappa shape index (κ3) is 5.47. The first kappa shape index (κ1) is 22.5. The van der Waals surface area contributed by atoms with Crippen LogP contribution in [0.3, 0.4) is 0 Å². The Labute approximate surface area is 182 Å². The summed E-state index contributed by atoms with van der Waals surface area (Å²) in [5, 5.41) is 3.62. The SMILES string of the molecule is CC(=O)c1cccc(S(=O)(=O)N2CCC(C(=O)NCCc3ccc(Cl)cc3)CC2)c1. The number of benzene rings is 2. The van der Waals surface area contributed by atoms with Crippen molar-refractivity contribution in [3.8, 4) is 0 Å². The molecule has 0 unspecified atom stereocenters. The zero-order valence-corrected chi connectivity index (χ0v) is 18.4. The molecule has 0 saturated carbocycles. The maximum Gasteiger partial charge on any atom is 0.243 e. The predicted octanol–water partition coefficient (Wildman–Crippen LogP) is 3.30. The van der Waals surface area contributed by atoms with Gasteiger partial charge >= 0.3 is 0 Å². The maximum atomic E-state index is 12.9. The lowest BCUT2D eigenvalue weighted by Crippen LogP contribution is -2.43. The third-order valence-corrected chi connectivity index (χ3v) is 7.48. The summed E-state index contributed by atoms with van der Waals surface area (Å²) in [5.41, 5.74) is 1.46. The number of halogens is 1. The van der Waals surface area contributed by atoms with Crippen LogP contribution >= 0.6 is 11.6 Å². The summed E-state index contributed by atoms with van der Waals surface area (Å²) in [6.45, 7) is 2.49. The number of Topliss-reactive ketones (excluding diaryl/α,β-unsaturated/α-hetero) is 1. The molecule has 0 aliphatic carbocycles. The fourth-order valence-corrected chi connectivity index (χ4v) is 5.15. The summed E-state index contributed by atoms with van der Waals surface area (Å²) in [6.07, 6.45) is 1.65. The molecule has 1 saturated heterocycles. The van der Waals surface area contributed by atoms with Crippen LogP contribution in [0, 0.1) is 5.92 Å². The lowest BCUT2D eigenvalue weighted by Gasteiger charge is -2.30. The highest BCUT2D eigenvalue weighted by molar-refractivity contribution is 7.89. The van der Waals surface area contributed by atoms with Crippen molar-refractivity contribution in [3.63, 3.8) is 0 Å². The zero-order chi connectivity index (χ0) is 21.7. The van der Waals surface area contributed by atoms with E-state index in [9.17, 15) is 18.0 Å². The minimum Gasteiger partial charge on any atom is -0.356 e. The van der Waals surface area contributed by atoms with Gasteiger partial charge in [-0.2, -0.15) is 4.31 Å². The number of nitrogens with one attached hydrogen (secondary N) is 1. The Bertz CT molecular complexity index is 1010. The van der Waals surface area contributed by atoms with Crippen LogP contribution in [0.25, 0.3) is 0 Å². The van der Waals surface area contributed by atoms with Crippen LogP contribution in [0.5, 0.6) is 0 Å². The van der Waals surface area contributed by atoms with Crippen molar-refractivity contribution in [2.75, 3.05) is 19.6 Å². The molecule has 1 aliphatic heterocycles. The van der Waals surface area contributed by atoms with Crippen molar-refractivity contribution < 1.29 is 18.0 Å². The second kappa shape index (κ2) is 9.73. The van der Waals surface area contributed by atoms with Crippen LogP contribution in [0.4, 0.5) is 0 Å². The maximum absolute atomic E-state index is 12.9. The van der Waals surface area contributed by atoms with Crippen LogP contribution in [-0.4, -0.2) is 44.0 Å². The lowest BCUT2D eigenvalue weighted by molar-refractivity contribution is -0.126. The highest BCUT2D eigenvalue weighted by Gasteiger charge is 2.32. The Hall–Kier alpha value is -2.22. The van der Waals surface area contributed by atoms with Crippen molar-refractivity contribution >= 4 is 33.3 Å². The molecule has 160 valence electrons. The monoisotopic (exact) mass is 448 g/mol. The molecule has 1 N–H and O–H groups in total. The average Bonchev–Trinajstić information content (AvgIpc) is 2.75. The average molecular weight is 449 g/mol. The van der Waals surface area contributed by atoms with Crippen molar-refractivity contribution in [1.82, 2.24) is 9.62 Å². The number of hydrogen-bond acceptors (Lipinski definition) is 4. The molecule has 30 heavy (non-hydrogen) atoms. The van der Waals surface area contributed by atoms with Gasteiger partial charge in [0.25, 0.3) is 0 Å². The van der Waals surface area contributed by atoms with E-state index in [-0.39, 0.29) is 35.6 Å². The van der Waals surface area contributed by atoms with Gasteiger partial charge in [0.05, 0.1) is 4.90 Å². The number of hydrogen-bond donors (Lipinski definition) is 1. The van der Waals surface area contributed by atoms with E-state index in [1.807, 2.05) is 24.3 Å². The molecule has 6 nitrogen and oxygen atoms in total. The first-order chi connectivity index (χ1) is 14.3. The summed E-state index contributed by atoms with van der Waals surface area (Å²) in [4.78, 5) is 24.1. The molecule has 8 heteroatoms. The largest absolute Gasteiger partial charge is 0.356 e. The van der Waals surface area contributed by atoms with Crippen LogP contribution in [0.2, 0.25) is 5.02 Å².